The SMILES string of the molecule is OC(c1ccc2cccnc2c1)C1CSCCO1. The van der Waals surface area contributed by atoms with Gasteiger partial charge in [0.05, 0.1) is 18.2 Å². The average molecular weight is 261 g/mol. The summed E-state index contributed by atoms with van der Waals surface area (Å²) in [7, 11) is 0. The van der Waals surface area contributed by atoms with Crippen LogP contribution in [0.5, 0.6) is 0 Å². The second kappa shape index (κ2) is 5.26. The first-order chi connectivity index (χ1) is 8.84. The second-order valence-corrected chi connectivity index (χ2v) is 5.53. The van der Waals surface area contributed by atoms with Crippen LogP contribution in [-0.4, -0.2) is 34.3 Å². The molecule has 0 saturated carbocycles. The minimum atomic E-state index is -0.566. The first kappa shape index (κ1) is 12.0. The lowest BCUT2D eigenvalue weighted by Gasteiger charge is -2.27. The van der Waals surface area contributed by atoms with E-state index in [4.69, 9.17) is 4.74 Å². The van der Waals surface area contributed by atoms with Crippen molar-refractivity contribution >= 4 is 22.7 Å². The molecule has 1 aliphatic rings. The Labute approximate surface area is 110 Å². The van der Waals surface area contributed by atoms with E-state index in [9.17, 15) is 5.11 Å². The van der Waals surface area contributed by atoms with E-state index in [2.05, 4.69) is 4.98 Å². The highest BCUT2D eigenvalue weighted by molar-refractivity contribution is 7.99. The summed E-state index contributed by atoms with van der Waals surface area (Å²) in [4.78, 5) is 4.31. The van der Waals surface area contributed by atoms with E-state index in [1.165, 1.54) is 0 Å². The molecule has 1 aromatic carbocycles. The highest BCUT2D eigenvalue weighted by Gasteiger charge is 2.24. The third-order valence-electron chi connectivity index (χ3n) is 3.17. The maximum atomic E-state index is 10.3. The number of rotatable bonds is 2. The highest BCUT2D eigenvalue weighted by atomic mass is 32.2. The van der Waals surface area contributed by atoms with Crippen molar-refractivity contribution in [2.45, 2.75) is 12.2 Å². The molecule has 0 radical (unpaired) electrons. The Morgan fingerprint density at radius 3 is 3.17 bits per heavy atom. The Bertz CT molecular complexity index is 540. The number of aromatic nitrogens is 1. The van der Waals surface area contributed by atoms with Gasteiger partial charge in [0.15, 0.2) is 0 Å². The molecule has 1 N–H and O–H groups in total. The van der Waals surface area contributed by atoms with E-state index in [0.29, 0.717) is 0 Å². The molecule has 1 aromatic heterocycles. The molecule has 2 unspecified atom stereocenters. The summed E-state index contributed by atoms with van der Waals surface area (Å²) >= 11 is 1.83. The molecule has 1 fully saturated rings. The first-order valence-corrected chi connectivity index (χ1v) is 7.22. The number of hydrogen-bond acceptors (Lipinski definition) is 4. The molecule has 1 saturated heterocycles. The van der Waals surface area contributed by atoms with Crippen molar-refractivity contribution in [3.8, 4) is 0 Å². The molecule has 4 heteroatoms. The van der Waals surface area contributed by atoms with Crippen LogP contribution in [0.2, 0.25) is 0 Å². The van der Waals surface area contributed by atoms with E-state index in [1.807, 2.05) is 42.1 Å². The minimum Gasteiger partial charge on any atom is -0.386 e. The number of thioether (sulfide) groups is 1. The average Bonchev–Trinajstić information content (AvgIpc) is 2.47. The van der Waals surface area contributed by atoms with E-state index in [-0.39, 0.29) is 6.10 Å². The maximum Gasteiger partial charge on any atom is 0.106 e. The van der Waals surface area contributed by atoms with Gasteiger partial charge in [0, 0.05) is 23.1 Å². The van der Waals surface area contributed by atoms with Crippen molar-refractivity contribution in [1.29, 1.82) is 0 Å². The molecule has 94 valence electrons. The smallest absolute Gasteiger partial charge is 0.106 e. The maximum absolute atomic E-state index is 10.3. The normalized spacial score (nSPS) is 21.9. The summed E-state index contributed by atoms with van der Waals surface area (Å²) in [6.45, 7) is 0.720. The number of aliphatic hydroxyl groups is 1. The number of aliphatic hydroxyl groups excluding tert-OH is 1. The zero-order chi connectivity index (χ0) is 12.4. The number of pyridine rings is 1. The summed E-state index contributed by atoms with van der Waals surface area (Å²) in [5.41, 5.74) is 1.80. The molecule has 18 heavy (non-hydrogen) atoms. The van der Waals surface area contributed by atoms with Gasteiger partial charge in [-0.2, -0.15) is 11.8 Å². The number of hydrogen-bond donors (Lipinski definition) is 1. The van der Waals surface area contributed by atoms with Gasteiger partial charge in [0.25, 0.3) is 0 Å². The third kappa shape index (κ3) is 2.36. The summed E-state index contributed by atoms with van der Waals surface area (Å²) in [6.07, 6.45) is 1.10. The predicted molar refractivity (Wildman–Crippen MR) is 73.8 cm³/mol. The quantitative estimate of drug-likeness (QED) is 0.901. The molecule has 2 aromatic rings. The van der Waals surface area contributed by atoms with Crippen LogP contribution in [0.1, 0.15) is 11.7 Å². The molecular weight excluding hydrogens is 246 g/mol. The molecule has 0 bridgehead atoms. The topological polar surface area (TPSA) is 42.4 Å². The lowest BCUT2D eigenvalue weighted by Crippen LogP contribution is -2.29. The van der Waals surface area contributed by atoms with Gasteiger partial charge in [0.1, 0.15) is 6.10 Å². The second-order valence-electron chi connectivity index (χ2n) is 4.38. The fourth-order valence-electron chi connectivity index (χ4n) is 2.17. The zero-order valence-corrected chi connectivity index (χ0v) is 10.8. The molecule has 0 amide bonds. The van der Waals surface area contributed by atoms with Gasteiger partial charge in [-0.15, -0.1) is 0 Å². The van der Waals surface area contributed by atoms with Crippen molar-refractivity contribution in [2.24, 2.45) is 0 Å². The van der Waals surface area contributed by atoms with Gasteiger partial charge in [-0.05, 0) is 17.7 Å². The van der Waals surface area contributed by atoms with Crippen LogP contribution in [-0.2, 0) is 4.74 Å². The fraction of sp³-hybridized carbons (Fsp3) is 0.357. The number of benzene rings is 1. The van der Waals surface area contributed by atoms with Crippen molar-refractivity contribution in [2.75, 3.05) is 18.1 Å². The Hall–Kier alpha value is -1.10. The predicted octanol–water partition coefficient (Wildman–Crippen LogP) is 2.40. The Balaban J connectivity index is 1.88. The largest absolute Gasteiger partial charge is 0.386 e. The summed E-state index contributed by atoms with van der Waals surface area (Å²) in [5.74, 6) is 1.86. The Morgan fingerprint density at radius 1 is 1.39 bits per heavy atom. The molecule has 2 atom stereocenters. The summed E-state index contributed by atoms with van der Waals surface area (Å²) in [5, 5.41) is 11.4. The van der Waals surface area contributed by atoms with Crippen molar-refractivity contribution < 1.29 is 9.84 Å². The van der Waals surface area contributed by atoms with Gasteiger partial charge in [-0.25, -0.2) is 0 Å². The van der Waals surface area contributed by atoms with Crippen LogP contribution in [0.3, 0.4) is 0 Å². The van der Waals surface area contributed by atoms with Crippen LogP contribution in [0.15, 0.2) is 36.5 Å². The lowest BCUT2D eigenvalue weighted by atomic mass is 10.0. The molecule has 3 rings (SSSR count). The Morgan fingerprint density at radius 2 is 2.33 bits per heavy atom. The van der Waals surface area contributed by atoms with Gasteiger partial charge in [0.2, 0.25) is 0 Å². The number of nitrogens with zero attached hydrogens (tertiary/aromatic N) is 1. The number of ether oxygens (including phenoxy) is 1. The van der Waals surface area contributed by atoms with Gasteiger partial charge < -0.3 is 9.84 Å². The van der Waals surface area contributed by atoms with Crippen LogP contribution >= 0.6 is 11.8 Å². The minimum absolute atomic E-state index is 0.107. The lowest BCUT2D eigenvalue weighted by molar-refractivity contribution is -0.0226. The molecule has 2 heterocycles. The van der Waals surface area contributed by atoms with Crippen molar-refractivity contribution in [3.05, 3.63) is 42.1 Å². The summed E-state index contributed by atoms with van der Waals surface area (Å²) in [6, 6.07) is 9.83. The van der Waals surface area contributed by atoms with E-state index in [1.54, 1.807) is 6.20 Å². The third-order valence-corrected chi connectivity index (χ3v) is 4.18. The zero-order valence-electron chi connectivity index (χ0n) is 9.95. The van der Waals surface area contributed by atoms with Gasteiger partial charge in [-0.1, -0.05) is 18.2 Å². The van der Waals surface area contributed by atoms with Gasteiger partial charge in [-0.3, -0.25) is 4.98 Å². The summed E-state index contributed by atoms with van der Waals surface area (Å²) < 4.78 is 5.61. The molecule has 3 nitrogen and oxygen atoms in total. The molecular formula is C14H15NO2S. The van der Waals surface area contributed by atoms with Crippen molar-refractivity contribution in [1.82, 2.24) is 4.98 Å². The van der Waals surface area contributed by atoms with E-state index in [0.717, 1.165) is 34.6 Å². The Kier molecular flexibility index (Phi) is 3.50. The standard InChI is InChI=1S/C14H15NO2S/c16-14(13-9-18-7-6-17-13)11-4-3-10-2-1-5-15-12(10)8-11/h1-5,8,13-14,16H,6-7,9H2. The van der Waals surface area contributed by atoms with E-state index >= 15 is 0 Å². The number of fused-ring (bicyclic) bond motifs is 1. The highest BCUT2D eigenvalue weighted by Crippen LogP contribution is 2.27. The van der Waals surface area contributed by atoms with Crippen LogP contribution in [0, 0.1) is 0 Å². The van der Waals surface area contributed by atoms with Crippen LogP contribution < -0.4 is 0 Å². The molecule has 0 aliphatic carbocycles. The van der Waals surface area contributed by atoms with Gasteiger partial charge >= 0.3 is 0 Å². The van der Waals surface area contributed by atoms with Crippen LogP contribution in [0.4, 0.5) is 0 Å². The van der Waals surface area contributed by atoms with Crippen LogP contribution in [0.25, 0.3) is 10.9 Å². The first-order valence-electron chi connectivity index (χ1n) is 6.07. The van der Waals surface area contributed by atoms with Crippen molar-refractivity contribution in [3.63, 3.8) is 0 Å². The molecule has 1 aliphatic heterocycles. The van der Waals surface area contributed by atoms with E-state index < -0.39 is 6.10 Å². The molecule has 0 spiro atoms. The monoisotopic (exact) mass is 261 g/mol. The fourth-order valence-corrected chi connectivity index (χ4v) is 3.06.